The fourth-order valence-corrected chi connectivity index (χ4v) is 3.41. The van der Waals surface area contributed by atoms with Crippen LogP contribution in [0, 0.1) is 0 Å². The Hall–Kier alpha value is -0.220. The second kappa shape index (κ2) is 3.88. The maximum absolute atomic E-state index is 10.9. The molecule has 2 atom stereocenters. The van der Waals surface area contributed by atoms with Crippen molar-refractivity contribution in [1.82, 2.24) is 0 Å². The summed E-state index contributed by atoms with van der Waals surface area (Å²) in [5, 5.41) is 0. The number of rotatable bonds is 2. The standard InChI is InChI=1S/C7H15O5P/c1-5-6(2)12-13(9,11-5)4-7(8)10-3/h5-6,9,13H,4H2,1-3H3. The van der Waals surface area contributed by atoms with E-state index in [0.717, 1.165) is 0 Å². The van der Waals surface area contributed by atoms with E-state index in [2.05, 4.69) is 4.74 Å². The van der Waals surface area contributed by atoms with Gasteiger partial charge in [-0.25, -0.2) is 0 Å². The van der Waals surface area contributed by atoms with E-state index < -0.39 is 13.9 Å². The van der Waals surface area contributed by atoms with Gasteiger partial charge in [0.2, 0.25) is 0 Å². The predicted octanol–water partition coefficient (Wildman–Crippen LogP) is 0.470. The summed E-state index contributed by atoms with van der Waals surface area (Å²) >= 11 is 0. The molecule has 1 aliphatic heterocycles. The van der Waals surface area contributed by atoms with Crippen LogP contribution in [0.3, 0.4) is 0 Å². The first-order chi connectivity index (χ1) is 5.97. The van der Waals surface area contributed by atoms with Crippen LogP contribution < -0.4 is 0 Å². The molecular formula is C7H15O5P. The van der Waals surface area contributed by atoms with Crippen molar-refractivity contribution in [1.29, 1.82) is 0 Å². The number of methoxy groups -OCH3 is 1. The normalized spacial score (nSPS) is 34.2. The average Bonchev–Trinajstić information content (AvgIpc) is 2.25. The average molecular weight is 210 g/mol. The third-order valence-electron chi connectivity index (χ3n) is 2.00. The van der Waals surface area contributed by atoms with Crippen LogP contribution in [0.1, 0.15) is 13.8 Å². The van der Waals surface area contributed by atoms with Gasteiger partial charge in [0, 0.05) is 0 Å². The molecule has 0 aliphatic carbocycles. The number of hydrogen-bond donors (Lipinski definition) is 1. The van der Waals surface area contributed by atoms with Crippen LogP contribution >= 0.6 is 7.94 Å². The second-order valence-corrected chi connectivity index (χ2v) is 5.36. The van der Waals surface area contributed by atoms with Crippen LogP contribution in [0.4, 0.5) is 0 Å². The molecule has 13 heavy (non-hydrogen) atoms. The minimum atomic E-state index is -3.27. The molecule has 5 nitrogen and oxygen atoms in total. The van der Waals surface area contributed by atoms with E-state index in [9.17, 15) is 9.69 Å². The molecule has 0 saturated carbocycles. The summed E-state index contributed by atoms with van der Waals surface area (Å²) in [5.41, 5.74) is 0. The molecule has 6 heteroatoms. The van der Waals surface area contributed by atoms with Crippen molar-refractivity contribution in [2.75, 3.05) is 13.3 Å². The van der Waals surface area contributed by atoms with Crippen LogP contribution in [0.15, 0.2) is 0 Å². The Labute approximate surface area is 77.6 Å². The molecule has 0 aromatic carbocycles. The van der Waals surface area contributed by atoms with Gasteiger partial charge in [0.15, 0.2) is 0 Å². The molecule has 1 rings (SSSR count). The fourth-order valence-electron chi connectivity index (χ4n) is 1.14. The summed E-state index contributed by atoms with van der Waals surface area (Å²) in [6, 6.07) is 0. The molecule has 0 aromatic rings. The van der Waals surface area contributed by atoms with Crippen molar-refractivity contribution in [3.05, 3.63) is 0 Å². The number of carbonyl (C=O) groups is 1. The maximum atomic E-state index is 10.9. The Kier molecular flexibility index (Phi) is 3.24. The molecular weight excluding hydrogens is 195 g/mol. The first-order valence-corrected chi connectivity index (χ1v) is 6.09. The molecule has 0 bridgehead atoms. The molecule has 1 aliphatic rings. The Balaban J connectivity index is 2.54. The topological polar surface area (TPSA) is 65.0 Å². The van der Waals surface area contributed by atoms with Gasteiger partial charge in [-0.15, -0.1) is 0 Å². The van der Waals surface area contributed by atoms with Crippen molar-refractivity contribution >= 4 is 13.9 Å². The second-order valence-electron chi connectivity index (χ2n) is 3.11. The fraction of sp³-hybridized carbons (Fsp3) is 0.857. The summed E-state index contributed by atoms with van der Waals surface area (Å²) in [6.07, 6.45) is -0.499. The molecule has 1 fully saturated rings. The summed E-state index contributed by atoms with van der Waals surface area (Å²) in [7, 11) is -2.01. The van der Waals surface area contributed by atoms with Crippen LogP contribution in [0.5, 0.6) is 0 Å². The third-order valence-corrected chi connectivity index (χ3v) is 4.21. The van der Waals surface area contributed by atoms with Gasteiger partial charge in [-0.2, -0.15) is 0 Å². The van der Waals surface area contributed by atoms with Crippen molar-refractivity contribution in [3.8, 4) is 0 Å². The zero-order valence-electron chi connectivity index (χ0n) is 7.94. The van der Waals surface area contributed by atoms with Gasteiger partial charge in [0.05, 0.1) is 0 Å². The van der Waals surface area contributed by atoms with Crippen LogP contribution in [-0.2, 0) is 18.6 Å². The molecule has 0 amide bonds. The van der Waals surface area contributed by atoms with E-state index in [4.69, 9.17) is 9.05 Å². The first kappa shape index (κ1) is 10.9. The Morgan fingerprint density at radius 2 is 1.92 bits per heavy atom. The molecule has 0 aromatic heterocycles. The van der Waals surface area contributed by atoms with Crippen LogP contribution in [0.25, 0.3) is 0 Å². The SMILES string of the molecule is COC(=O)C[PH]1(O)OC(C)C(C)O1. The van der Waals surface area contributed by atoms with Crippen molar-refractivity contribution in [2.24, 2.45) is 0 Å². The molecule has 1 heterocycles. The molecule has 1 saturated heterocycles. The zero-order valence-corrected chi connectivity index (χ0v) is 8.94. The Morgan fingerprint density at radius 1 is 1.46 bits per heavy atom. The van der Waals surface area contributed by atoms with Gasteiger partial charge in [0.1, 0.15) is 0 Å². The number of hydrogen-bond acceptors (Lipinski definition) is 5. The molecule has 2 unspecified atom stereocenters. The quantitative estimate of drug-likeness (QED) is 0.530. The Morgan fingerprint density at radius 3 is 2.31 bits per heavy atom. The van der Waals surface area contributed by atoms with E-state index in [0.29, 0.717) is 0 Å². The van der Waals surface area contributed by atoms with Gasteiger partial charge in [-0.3, -0.25) is 0 Å². The minimum absolute atomic E-state index is 0.165. The molecule has 78 valence electrons. The third kappa shape index (κ3) is 2.61. The Bertz CT molecular complexity index is 197. The molecule has 0 spiro atoms. The summed E-state index contributed by atoms with van der Waals surface area (Å²) in [4.78, 5) is 20.6. The van der Waals surface area contributed by atoms with Crippen LogP contribution in [-0.4, -0.2) is 36.3 Å². The van der Waals surface area contributed by atoms with E-state index in [1.165, 1.54) is 7.11 Å². The number of carbonyl (C=O) groups excluding carboxylic acids is 1. The van der Waals surface area contributed by atoms with E-state index in [-0.39, 0.29) is 18.4 Å². The van der Waals surface area contributed by atoms with Crippen molar-refractivity contribution in [2.45, 2.75) is 26.1 Å². The van der Waals surface area contributed by atoms with Crippen molar-refractivity contribution < 1.29 is 23.5 Å². The van der Waals surface area contributed by atoms with Gasteiger partial charge in [0.25, 0.3) is 0 Å². The van der Waals surface area contributed by atoms with Crippen LogP contribution in [0.2, 0.25) is 0 Å². The van der Waals surface area contributed by atoms with Crippen molar-refractivity contribution in [3.63, 3.8) is 0 Å². The van der Waals surface area contributed by atoms with Gasteiger partial charge >= 0.3 is 76.7 Å². The molecule has 0 radical (unpaired) electrons. The number of esters is 1. The van der Waals surface area contributed by atoms with Gasteiger partial charge in [-0.1, -0.05) is 0 Å². The van der Waals surface area contributed by atoms with Gasteiger partial charge < -0.3 is 0 Å². The monoisotopic (exact) mass is 210 g/mol. The first-order valence-electron chi connectivity index (χ1n) is 4.11. The van der Waals surface area contributed by atoms with E-state index in [1.807, 2.05) is 0 Å². The summed E-state index contributed by atoms with van der Waals surface area (Å²) in [5.74, 6) is -0.504. The number of ether oxygens (including phenoxy) is 1. The summed E-state index contributed by atoms with van der Waals surface area (Å²) in [6.45, 7) is 3.60. The van der Waals surface area contributed by atoms with Gasteiger partial charge in [-0.05, 0) is 0 Å². The zero-order chi connectivity index (χ0) is 10.1. The summed E-state index contributed by atoms with van der Waals surface area (Å²) < 4.78 is 14.8. The molecule has 1 N–H and O–H groups in total. The van der Waals surface area contributed by atoms with E-state index in [1.54, 1.807) is 13.8 Å². The predicted molar refractivity (Wildman–Crippen MR) is 48.5 cm³/mol. The van der Waals surface area contributed by atoms with E-state index >= 15 is 0 Å².